The van der Waals surface area contributed by atoms with Crippen LogP contribution in [0.1, 0.15) is 36.4 Å². The van der Waals surface area contributed by atoms with Crippen molar-refractivity contribution in [3.8, 4) is 11.5 Å². The van der Waals surface area contributed by atoms with Gasteiger partial charge in [0.2, 0.25) is 5.91 Å². The van der Waals surface area contributed by atoms with Gasteiger partial charge >= 0.3 is 0 Å². The maximum atomic E-state index is 12.7. The van der Waals surface area contributed by atoms with Crippen LogP contribution in [0.25, 0.3) is 0 Å². The molecule has 2 heterocycles. The van der Waals surface area contributed by atoms with E-state index < -0.39 is 0 Å². The third-order valence-corrected chi connectivity index (χ3v) is 6.22. The first-order valence-corrected chi connectivity index (χ1v) is 10.7. The number of nitrogens with zero attached hydrogens (tertiary/aromatic N) is 1. The normalized spacial score (nSPS) is 19.1. The number of rotatable bonds is 4. The molecule has 1 atom stereocenters. The maximum absolute atomic E-state index is 12.7. The van der Waals surface area contributed by atoms with Crippen molar-refractivity contribution in [3.63, 3.8) is 0 Å². The highest BCUT2D eigenvalue weighted by Crippen LogP contribution is 2.38. The summed E-state index contributed by atoms with van der Waals surface area (Å²) in [4.78, 5) is 14.9. The number of carbonyl (C=O) groups excluding carboxylic acids is 1. The van der Waals surface area contributed by atoms with E-state index in [9.17, 15) is 4.79 Å². The number of aryl methyl sites for hydroxylation is 1. The van der Waals surface area contributed by atoms with Crippen LogP contribution in [0.4, 0.5) is 5.69 Å². The van der Waals surface area contributed by atoms with Crippen molar-refractivity contribution in [2.45, 2.75) is 32.2 Å². The molecule has 0 spiro atoms. The minimum absolute atomic E-state index is 0.124. The second-order valence-corrected chi connectivity index (χ2v) is 8.27. The summed E-state index contributed by atoms with van der Waals surface area (Å²) in [5.74, 6) is 1.45. The largest absolute Gasteiger partial charge is 0.490 e. The van der Waals surface area contributed by atoms with E-state index in [1.165, 1.54) is 0 Å². The topological polar surface area (TPSA) is 50.8 Å². The van der Waals surface area contributed by atoms with Gasteiger partial charge in [-0.25, -0.2) is 0 Å². The summed E-state index contributed by atoms with van der Waals surface area (Å²) in [5, 5.41) is 3.81. The number of nitrogens with one attached hydrogen (secondary N) is 1. The van der Waals surface area contributed by atoms with Crippen LogP contribution >= 0.6 is 23.2 Å². The van der Waals surface area contributed by atoms with Crippen molar-refractivity contribution < 1.29 is 14.3 Å². The molecule has 2 aliphatic rings. The zero-order valence-corrected chi connectivity index (χ0v) is 17.9. The van der Waals surface area contributed by atoms with Crippen LogP contribution < -0.4 is 14.8 Å². The molecule has 2 aliphatic heterocycles. The van der Waals surface area contributed by atoms with E-state index in [1.54, 1.807) is 6.07 Å². The molecule has 1 amide bonds. The first-order valence-electron chi connectivity index (χ1n) is 9.91. The SMILES string of the molecule is Cc1ccc(Cl)c(NC(=O)CN2CCC[C@H]2c2ccc3c(c2)OCCCO3)c1Cl. The highest BCUT2D eigenvalue weighted by Gasteiger charge is 2.29. The number of benzene rings is 2. The van der Waals surface area contributed by atoms with Gasteiger partial charge in [0.25, 0.3) is 0 Å². The molecule has 1 fully saturated rings. The molecule has 0 aromatic heterocycles. The predicted octanol–water partition coefficient (Wildman–Crippen LogP) is 5.24. The number of likely N-dealkylation sites (tertiary alicyclic amines) is 1. The monoisotopic (exact) mass is 434 g/mol. The van der Waals surface area contributed by atoms with Crippen LogP contribution in [-0.4, -0.2) is 37.1 Å². The van der Waals surface area contributed by atoms with Gasteiger partial charge in [-0.3, -0.25) is 9.69 Å². The second-order valence-electron chi connectivity index (χ2n) is 7.49. The summed E-state index contributed by atoms with van der Waals surface area (Å²) in [6.07, 6.45) is 2.92. The van der Waals surface area contributed by atoms with Crippen molar-refractivity contribution in [2.24, 2.45) is 0 Å². The van der Waals surface area contributed by atoms with Gasteiger partial charge in [0.1, 0.15) is 0 Å². The molecule has 2 aromatic rings. The highest BCUT2D eigenvalue weighted by atomic mass is 35.5. The zero-order chi connectivity index (χ0) is 20.4. The fraction of sp³-hybridized carbons (Fsp3) is 0.409. The quantitative estimate of drug-likeness (QED) is 0.714. The van der Waals surface area contributed by atoms with Gasteiger partial charge in [-0.2, -0.15) is 0 Å². The third-order valence-electron chi connectivity index (χ3n) is 5.42. The number of carbonyl (C=O) groups is 1. The minimum Gasteiger partial charge on any atom is -0.490 e. The Bertz CT molecular complexity index is 919. The first-order chi connectivity index (χ1) is 14.0. The Morgan fingerprint density at radius 1 is 1.14 bits per heavy atom. The van der Waals surface area contributed by atoms with Gasteiger partial charge < -0.3 is 14.8 Å². The lowest BCUT2D eigenvalue weighted by Crippen LogP contribution is -2.33. The van der Waals surface area contributed by atoms with Crippen molar-refractivity contribution in [1.29, 1.82) is 0 Å². The molecule has 1 N–H and O–H groups in total. The Kier molecular flexibility index (Phi) is 6.18. The fourth-order valence-corrected chi connectivity index (χ4v) is 4.38. The van der Waals surface area contributed by atoms with Crippen molar-refractivity contribution in [1.82, 2.24) is 4.90 Å². The summed E-state index contributed by atoms with van der Waals surface area (Å²) >= 11 is 12.6. The zero-order valence-electron chi connectivity index (χ0n) is 16.3. The molecule has 0 saturated carbocycles. The van der Waals surface area contributed by atoms with Crippen LogP contribution in [-0.2, 0) is 4.79 Å². The Morgan fingerprint density at radius 3 is 2.76 bits per heavy atom. The van der Waals surface area contributed by atoms with E-state index in [-0.39, 0.29) is 18.5 Å². The lowest BCUT2D eigenvalue weighted by atomic mass is 10.0. The fourth-order valence-electron chi connectivity index (χ4n) is 3.91. The van der Waals surface area contributed by atoms with E-state index in [0.29, 0.717) is 28.9 Å². The molecule has 0 bridgehead atoms. The molecule has 154 valence electrons. The van der Waals surface area contributed by atoms with Gasteiger partial charge in [0.15, 0.2) is 11.5 Å². The highest BCUT2D eigenvalue weighted by molar-refractivity contribution is 6.40. The minimum atomic E-state index is -0.124. The molecular weight excluding hydrogens is 411 g/mol. The lowest BCUT2D eigenvalue weighted by molar-refractivity contribution is -0.117. The number of ether oxygens (including phenoxy) is 2. The summed E-state index contributed by atoms with van der Waals surface area (Å²) < 4.78 is 11.6. The molecule has 1 saturated heterocycles. The number of anilines is 1. The summed E-state index contributed by atoms with van der Waals surface area (Å²) in [6, 6.07) is 9.84. The molecule has 0 radical (unpaired) electrons. The number of amides is 1. The standard InChI is InChI=1S/C22H24Cl2N2O3/c1-14-5-7-16(23)22(21(14)24)25-20(27)13-26-9-2-4-17(26)15-6-8-18-19(12-15)29-11-3-10-28-18/h5-8,12,17H,2-4,9-11,13H2,1H3,(H,25,27)/t17-/m0/s1. The third kappa shape index (κ3) is 4.47. The van der Waals surface area contributed by atoms with E-state index in [2.05, 4.69) is 22.3 Å². The lowest BCUT2D eigenvalue weighted by Gasteiger charge is -2.25. The van der Waals surface area contributed by atoms with Crippen LogP contribution in [0.5, 0.6) is 11.5 Å². The van der Waals surface area contributed by atoms with Crippen molar-refractivity contribution in [3.05, 3.63) is 51.5 Å². The van der Waals surface area contributed by atoms with E-state index >= 15 is 0 Å². The van der Waals surface area contributed by atoms with Gasteiger partial charge in [-0.15, -0.1) is 0 Å². The van der Waals surface area contributed by atoms with Crippen LogP contribution in [0.15, 0.2) is 30.3 Å². The molecule has 7 heteroatoms. The van der Waals surface area contributed by atoms with E-state index in [0.717, 1.165) is 48.4 Å². The van der Waals surface area contributed by atoms with Gasteiger partial charge in [-0.05, 0) is 55.6 Å². The van der Waals surface area contributed by atoms with Gasteiger partial charge in [0.05, 0.1) is 35.5 Å². The molecular formula is C22H24Cl2N2O3. The van der Waals surface area contributed by atoms with Crippen molar-refractivity contribution in [2.75, 3.05) is 31.6 Å². The number of fused-ring (bicyclic) bond motifs is 1. The Labute approximate surface area is 180 Å². The molecule has 5 nitrogen and oxygen atoms in total. The molecule has 0 aliphatic carbocycles. The number of halogens is 2. The van der Waals surface area contributed by atoms with E-state index in [4.69, 9.17) is 32.7 Å². The summed E-state index contributed by atoms with van der Waals surface area (Å²) in [7, 11) is 0. The average Bonchev–Trinajstić information content (AvgIpc) is 3.03. The number of hydrogen-bond acceptors (Lipinski definition) is 4. The second kappa shape index (κ2) is 8.82. The smallest absolute Gasteiger partial charge is 0.238 e. The predicted molar refractivity (Wildman–Crippen MR) is 115 cm³/mol. The van der Waals surface area contributed by atoms with Crippen LogP contribution in [0.3, 0.4) is 0 Å². The molecule has 29 heavy (non-hydrogen) atoms. The van der Waals surface area contributed by atoms with E-state index in [1.807, 2.05) is 19.1 Å². The summed E-state index contributed by atoms with van der Waals surface area (Å²) in [5.41, 5.74) is 2.49. The van der Waals surface area contributed by atoms with Crippen LogP contribution in [0.2, 0.25) is 10.0 Å². The maximum Gasteiger partial charge on any atom is 0.238 e. The average molecular weight is 435 g/mol. The van der Waals surface area contributed by atoms with Gasteiger partial charge in [0, 0.05) is 12.5 Å². The molecule has 4 rings (SSSR count). The number of hydrogen-bond donors (Lipinski definition) is 1. The Balaban J connectivity index is 1.47. The first kappa shape index (κ1) is 20.3. The van der Waals surface area contributed by atoms with Crippen LogP contribution in [0, 0.1) is 6.92 Å². The Morgan fingerprint density at radius 2 is 1.93 bits per heavy atom. The van der Waals surface area contributed by atoms with Crippen molar-refractivity contribution >= 4 is 34.8 Å². The Hall–Kier alpha value is -1.95. The molecule has 2 aromatic carbocycles. The summed E-state index contributed by atoms with van der Waals surface area (Å²) in [6.45, 7) is 4.36. The molecule has 0 unspecified atom stereocenters. The van der Waals surface area contributed by atoms with Gasteiger partial charge in [-0.1, -0.05) is 35.3 Å².